The number of carbonyl (C=O) groups is 3. The third-order valence-corrected chi connectivity index (χ3v) is 6.63. The van der Waals surface area contributed by atoms with Gasteiger partial charge in [-0.1, -0.05) is 74.5 Å². The summed E-state index contributed by atoms with van der Waals surface area (Å²) >= 11 is 0. The Morgan fingerprint density at radius 2 is 1.76 bits per heavy atom. The second kappa shape index (κ2) is 12.0. The number of nitrogens with zero attached hydrogens (tertiary/aromatic N) is 3. The zero-order valence-corrected chi connectivity index (χ0v) is 21.9. The van der Waals surface area contributed by atoms with E-state index < -0.39 is 24.1 Å². The average Bonchev–Trinajstić information content (AvgIpc) is 3.44. The van der Waals surface area contributed by atoms with Gasteiger partial charge < -0.3 is 20.1 Å². The van der Waals surface area contributed by atoms with Crippen LogP contribution in [-0.2, 0) is 25.5 Å². The molecule has 3 atom stereocenters. The highest BCUT2D eigenvalue weighted by Crippen LogP contribution is 2.30. The summed E-state index contributed by atoms with van der Waals surface area (Å²) in [4.78, 5) is 46.7. The third-order valence-electron chi connectivity index (χ3n) is 6.63. The molecule has 0 radical (unpaired) electrons. The van der Waals surface area contributed by atoms with Gasteiger partial charge in [0, 0.05) is 13.1 Å². The first kappa shape index (κ1) is 27.1. The molecular weight excluding hydrogens is 484 g/mol. The molecule has 200 valence electrons. The van der Waals surface area contributed by atoms with Gasteiger partial charge in [-0.3, -0.25) is 19.3 Å². The van der Waals surface area contributed by atoms with Crippen LogP contribution in [0.3, 0.4) is 0 Å². The van der Waals surface area contributed by atoms with Crippen molar-refractivity contribution >= 4 is 29.3 Å². The van der Waals surface area contributed by atoms with E-state index in [1.54, 1.807) is 6.20 Å². The van der Waals surface area contributed by atoms with E-state index in [9.17, 15) is 19.5 Å². The van der Waals surface area contributed by atoms with Gasteiger partial charge in [0.15, 0.2) is 0 Å². The third kappa shape index (κ3) is 6.11. The summed E-state index contributed by atoms with van der Waals surface area (Å²) in [5.74, 6) is -1.01. The number of nitrogens with one attached hydrogen (secondary N) is 1. The smallest absolute Gasteiger partial charge is 0.250 e. The Morgan fingerprint density at radius 1 is 1.11 bits per heavy atom. The summed E-state index contributed by atoms with van der Waals surface area (Å²) in [7, 11) is 0. The van der Waals surface area contributed by atoms with Gasteiger partial charge in [0.1, 0.15) is 25.3 Å². The number of ether oxygens (including phenoxy) is 1. The lowest BCUT2D eigenvalue weighted by molar-refractivity contribution is -0.144. The predicted octanol–water partition coefficient (Wildman–Crippen LogP) is 2.22. The molecule has 38 heavy (non-hydrogen) atoms. The van der Waals surface area contributed by atoms with Crippen LogP contribution in [0.4, 0.5) is 0 Å². The molecule has 2 N–H and O–H groups in total. The number of rotatable bonds is 9. The molecule has 2 aromatic carbocycles. The molecule has 0 saturated heterocycles. The van der Waals surface area contributed by atoms with Gasteiger partial charge in [-0.15, -0.1) is 0 Å². The van der Waals surface area contributed by atoms with Crippen LogP contribution in [0.5, 0.6) is 0 Å². The van der Waals surface area contributed by atoms with E-state index in [0.29, 0.717) is 30.8 Å². The minimum absolute atomic E-state index is 0.171. The number of aliphatic imine (C=N–C) groups is 1. The first-order valence-corrected chi connectivity index (χ1v) is 12.8. The van der Waals surface area contributed by atoms with Gasteiger partial charge in [0.05, 0.1) is 18.3 Å². The normalized spacial score (nSPS) is 19.0. The van der Waals surface area contributed by atoms with Crippen LogP contribution in [-0.4, -0.2) is 76.4 Å². The monoisotopic (exact) mass is 518 g/mol. The Hall–Kier alpha value is -3.98. The average molecular weight is 519 g/mol. The molecule has 3 unspecified atom stereocenters. The molecule has 3 amide bonds. The van der Waals surface area contributed by atoms with Crippen molar-refractivity contribution in [3.05, 3.63) is 78.0 Å². The van der Waals surface area contributed by atoms with Gasteiger partial charge in [-0.05, 0) is 23.5 Å². The van der Waals surface area contributed by atoms with Crippen molar-refractivity contribution < 1.29 is 24.2 Å². The second-order valence-electron chi connectivity index (χ2n) is 9.80. The van der Waals surface area contributed by atoms with Crippen LogP contribution in [0, 0.1) is 5.92 Å². The highest BCUT2D eigenvalue weighted by molar-refractivity contribution is 5.99. The Kier molecular flexibility index (Phi) is 8.58. The summed E-state index contributed by atoms with van der Waals surface area (Å²) in [6, 6.07) is 17.2. The summed E-state index contributed by atoms with van der Waals surface area (Å²) in [6.07, 6.45) is 0.853. The van der Waals surface area contributed by atoms with Crippen LogP contribution in [0.1, 0.15) is 31.9 Å². The van der Waals surface area contributed by atoms with E-state index in [0.717, 1.165) is 5.56 Å². The van der Waals surface area contributed by atoms with E-state index in [1.807, 2.05) is 74.5 Å². The van der Waals surface area contributed by atoms with Crippen molar-refractivity contribution in [2.24, 2.45) is 10.9 Å². The number of benzene rings is 2. The molecule has 0 fully saturated rings. The lowest BCUT2D eigenvalue weighted by atomic mass is 9.97. The second-order valence-corrected chi connectivity index (χ2v) is 9.80. The number of hydrogen-bond acceptors (Lipinski definition) is 6. The fraction of sp³-hybridized carbons (Fsp3) is 0.379. The van der Waals surface area contributed by atoms with Crippen molar-refractivity contribution in [2.45, 2.75) is 45.4 Å². The van der Waals surface area contributed by atoms with Crippen LogP contribution in [0.15, 0.2) is 71.9 Å². The summed E-state index contributed by atoms with van der Waals surface area (Å²) in [5, 5.41) is 13.9. The number of aliphatic hydroxyl groups is 1. The molecule has 2 aliphatic heterocycles. The maximum absolute atomic E-state index is 13.7. The Balaban J connectivity index is 1.62. The molecule has 9 nitrogen and oxygen atoms in total. The predicted molar refractivity (Wildman–Crippen MR) is 144 cm³/mol. The first-order chi connectivity index (χ1) is 18.3. The zero-order chi connectivity index (χ0) is 27.2. The van der Waals surface area contributed by atoms with E-state index >= 15 is 0 Å². The van der Waals surface area contributed by atoms with Gasteiger partial charge in [0.25, 0.3) is 5.91 Å². The molecule has 0 saturated carbocycles. The van der Waals surface area contributed by atoms with Gasteiger partial charge in [-0.2, -0.15) is 0 Å². The van der Waals surface area contributed by atoms with Gasteiger partial charge in [0.2, 0.25) is 17.7 Å². The van der Waals surface area contributed by atoms with Crippen molar-refractivity contribution in [1.29, 1.82) is 0 Å². The van der Waals surface area contributed by atoms with Crippen molar-refractivity contribution in [3.8, 4) is 0 Å². The van der Waals surface area contributed by atoms with Crippen LogP contribution < -0.4 is 5.32 Å². The minimum atomic E-state index is -1.14. The number of carbonyl (C=O) groups excluding carboxylic acids is 3. The molecule has 2 aliphatic rings. The topological polar surface area (TPSA) is 112 Å². The Labute approximate surface area is 222 Å². The number of aliphatic hydroxyl groups excluding tert-OH is 1. The molecule has 0 spiro atoms. The zero-order valence-electron chi connectivity index (χ0n) is 21.9. The quantitative estimate of drug-likeness (QED) is 0.529. The molecule has 0 aliphatic carbocycles. The van der Waals surface area contributed by atoms with Gasteiger partial charge >= 0.3 is 0 Å². The fourth-order valence-corrected chi connectivity index (χ4v) is 4.78. The lowest BCUT2D eigenvalue weighted by Gasteiger charge is -2.40. The summed E-state index contributed by atoms with van der Waals surface area (Å²) in [5.41, 5.74) is 2.09. The highest BCUT2D eigenvalue weighted by atomic mass is 16.5. The van der Waals surface area contributed by atoms with E-state index in [2.05, 4.69) is 10.3 Å². The summed E-state index contributed by atoms with van der Waals surface area (Å²) < 4.78 is 5.47. The standard InChI is InChI=1S/C29H34N4O5/c1-19(2)26-29(37)33(24(17-32(26)20(3)34)22-12-8-5-9-13-22)18-25(35)31-23(16-21-10-6-4-7-11-21)27(36)28-30-14-15-38-28/h4-13,17,19,23,26-27,36H,14-16,18H2,1-3H3,(H,31,35). The van der Waals surface area contributed by atoms with Crippen LogP contribution in [0.2, 0.25) is 0 Å². The first-order valence-electron chi connectivity index (χ1n) is 12.8. The summed E-state index contributed by atoms with van der Waals surface area (Å²) in [6.45, 7) is 5.72. The largest absolute Gasteiger partial charge is 0.477 e. The Morgan fingerprint density at radius 3 is 2.34 bits per heavy atom. The minimum Gasteiger partial charge on any atom is -0.477 e. The number of hydrogen-bond donors (Lipinski definition) is 2. The molecular formula is C29H34N4O5. The number of amides is 3. The van der Waals surface area contributed by atoms with Crippen LogP contribution >= 0.6 is 0 Å². The molecule has 0 bridgehead atoms. The molecule has 4 rings (SSSR count). The van der Waals surface area contributed by atoms with Crippen molar-refractivity contribution in [2.75, 3.05) is 19.7 Å². The maximum atomic E-state index is 13.7. The maximum Gasteiger partial charge on any atom is 0.250 e. The Bertz CT molecular complexity index is 1210. The van der Waals surface area contributed by atoms with Crippen molar-refractivity contribution in [3.63, 3.8) is 0 Å². The SMILES string of the molecule is CC(=O)N1C=C(c2ccccc2)N(CC(=O)NC(Cc2ccccc2)C(O)C2=NCCO2)C(=O)C1C(C)C. The lowest BCUT2D eigenvalue weighted by Crippen LogP contribution is -2.57. The van der Waals surface area contributed by atoms with Gasteiger partial charge in [-0.25, -0.2) is 4.99 Å². The molecule has 0 aromatic heterocycles. The molecule has 2 heterocycles. The molecule has 9 heteroatoms. The van der Waals surface area contributed by atoms with Crippen molar-refractivity contribution in [1.82, 2.24) is 15.1 Å². The fourth-order valence-electron chi connectivity index (χ4n) is 4.78. The van der Waals surface area contributed by atoms with Crippen LogP contribution in [0.25, 0.3) is 5.70 Å². The molecule has 2 aromatic rings. The van der Waals surface area contributed by atoms with E-state index in [1.165, 1.54) is 16.7 Å². The van der Waals surface area contributed by atoms with E-state index in [4.69, 9.17) is 4.74 Å². The highest BCUT2D eigenvalue weighted by Gasteiger charge is 2.40. The van der Waals surface area contributed by atoms with E-state index in [-0.39, 0.29) is 30.2 Å².